The first-order valence-electron chi connectivity index (χ1n) is 9.36. The first kappa shape index (κ1) is 23.1. The number of amides is 1. The van der Waals surface area contributed by atoms with E-state index in [2.05, 4.69) is 4.72 Å². The number of carbonyl (C=O) groups is 1. The highest BCUT2D eigenvalue weighted by Crippen LogP contribution is 2.21. The number of piperazine rings is 1. The van der Waals surface area contributed by atoms with E-state index in [0.29, 0.717) is 0 Å². The lowest BCUT2D eigenvalue weighted by molar-refractivity contribution is 0.0695. The first-order chi connectivity index (χ1) is 14.5. The fourth-order valence-corrected chi connectivity index (χ4v) is 5.28. The van der Waals surface area contributed by atoms with Crippen molar-refractivity contribution >= 4 is 31.8 Å². The number of rotatable bonds is 6. The van der Waals surface area contributed by atoms with Crippen LogP contribution in [0.1, 0.15) is 10.4 Å². The van der Waals surface area contributed by atoms with E-state index in [1.165, 1.54) is 65.8 Å². The first-order valence-corrected chi connectivity index (χ1v) is 12.2. The summed E-state index contributed by atoms with van der Waals surface area (Å²) in [5.41, 5.74) is -0.0576. The van der Waals surface area contributed by atoms with Crippen molar-refractivity contribution in [3.05, 3.63) is 59.9 Å². The molecule has 1 aliphatic rings. The van der Waals surface area contributed by atoms with Crippen LogP contribution >= 0.6 is 0 Å². The van der Waals surface area contributed by atoms with Crippen LogP contribution in [-0.2, 0) is 20.2 Å². The molecule has 1 fully saturated rings. The third-order valence-corrected chi connectivity index (χ3v) is 8.13. The zero-order valence-corrected chi connectivity index (χ0v) is 18.7. The largest absolute Gasteiger partial charge is 0.336 e. The van der Waals surface area contributed by atoms with E-state index >= 15 is 0 Å². The van der Waals surface area contributed by atoms with Crippen LogP contribution in [0.4, 0.5) is 10.1 Å². The van der Waals surface area contributed by atoms with Gasteiger partial charge in [0.2, 0.25) is 0 Å². The van der Waals surface area contributed by atoms with Crippen LogP contribution < -0.4 is 4.72 Å². The molecule has 0 spiro atoms. The molecule has 9 nitrogen and oxygen atoms in total. The third kappa shape index (κ3) is 5.03. The number of nitrogens with one attached hydrogen (secondary N) is 1. The number of hydrogen-bond donors (Lipinski definition) is 1. The van der Waals surface area contributed by atoms with Crippen molar-refractivity contribution in [1.29, 1.82) is 0 Å². The van der Waals surface area contributed by atoms with Gasteiger partial charge in [-0.2, -0.15) is 17.0 Å². The fourth-order valence-electron chi connectivity index (χ4n) is 3.08. The molecule has 2 aromatic rings. The highest BCUT2D eigenvalue weighted by Gasteiger charge is 2.30. The van der Waals surface area contributed by atoms with E-state index in [4.69, 9.17) is 0 Å². The molecule has 0 atom stereocenters. The van der Waals surface area contributed by atoms with Gasteiger partial charge in [0, 0.05) is 45.8 Å². The second-order valence-electron chi connectivity index (χ2n) is 7.09. The Morgan fingerprint density at radius 2 is 1.61 bits per heavy atom. The molecular formula is C19H23FN4O5S2. The summed E-state index contributed by atoms with van der Waals surface area (Å²) in [7, 11) is -4.80. The van der Waals surface area contributed by atoms with E-state index in [9.17, 15) is 26.0 Å². The Kier molecular flexibility index (Phi) is 6.65. The van der Waals surface area contributed by atoms with Crippen molar-refractivity contribution in [3.63, 3.8) is 0 Å². The maximum atomic E-state index is 13.8. The average Bonchev–Trinajstić information content (AvgIpc) is 2.75. The standard InChI is InChI=1S/C19H23FN4O5S2/c1-22(2)31(28,29)24-12-10-23(11-13-24)19(25)15-6-5-7-16(14-15)30(26,27)21-18-9-4-3-8-17(18)20/h3-9,14,21H,10-13H2,1-2H3. The van der Waals surface area contributed by atoms with E-state index in [1.807, 2.05) is 0 Å². The Hall–Kier alpha value is -2.54. The van der Waals surface area contributed by atoms with Crippen LogP contribution in [0.2, 0.25) is 0 Å². The van der Waals surface area contributed by atoms with E-state index < -0.39 is 32.0 Å². The number of anilines is 1. The summed E-state index contributed by atoms with van der Waals surface area (Å²) in [5, 5.41) is 0. The summed E-state index contributed by atoms with van der Waals surface area (Å²) in [6, 6.07) is 10.8. The predicted molar refractivity (Wildman–Crippen MR) is 114 cm³/mol. The molecule has 0 radical (unpaired) electrons. The van der Waals surface area contributed by atoms with Crippen LogP contribution in [-0.4, -0.2) is 76.5 Å². The maximum absolute atomic E-state index is 13.8. The van der Waals surface area contributed by atoms with Gasteiger partial charge in [0.15, 0.2) is 0 Å². The minimum atomic E-state index is -4.11. The molecule has 168 valence electrons. The van der Waals surface area contributed by atoms with Gasteiger partial charge in [-0.3, -0.25) is 9.52 Å². The topological polar surface area (TPSA) is 107 Å². The van der Waals surface area contributed by atoms with E-state index in [1.54, 1.807) is 0 Å². The maximum Gasteiger partial charge on any atom is 0.281 e. The molecule has 0 saturated carbocycles. The van der Waals surface area contributed by atoms with Crippen molar-refractivity contribution in [2.24, 2.45) is 0 Å². The molecule has 0 unspecified atom stereocenters. The minimum Gasteiger partial charge on any atom is -0.336 e. The van der Waals surface area contributed by atoms with Gasteiger partial charge in [0.25, 0.3) is 26.1 Å². The number of nitrogens with zero attached hydrogens (tertiary/aromatic N) is 3. The molecule has 0 bridgehead atoms. The number of halogens is 1. The van der Waals surface area contributed by atoms with Gasteiger partial charge in [0.05, 0.1) is 10.6 Å². The van der Waals surface area contributed by atoms with Crippen LogP contribution in [0.15, 0.2) is 53.4 Å². The van der Waals surface area contributed by atoms with Crippen LogP contribution in [0, 0.1) is 5.82 Å². The number of hydrogen-bond acceptors (Lipinski definition) is 5. The molecule has 31 heavy (non-hydrogen) atoms. The van der Waals surface area contributed by atoms with Crippen molar-refractivity contribution in [1.82, 2.24) is 13.5 Å². The highest BCUT2D eigenvalue weighted by molar-refractivity contribution is 7.92. The Labute approximate surface area is 181 Å². The number of benzene rings is 2. The van der Waals surface area contributed by atoms with Crippen LogP contribution in [0.3, 0.4) is 0 Å². The second-order valence-corrected chi connectivity index (χ2v) is 10.9. The molecule has 1 N–H and O–H groups in total. The summed E-state index contributed by atoms with van der Waals surface area (Å²) in [4.78, 5) is 14.1. The molecule has 0 aliphatic carbocycles. The summed E-state index contributed by atoms with van der Waals surface area (Å²) < 4.78 is 68.1. The lowest BCUT2D eigenvalue weighted by Gasteiger charge is -2.35. The summed E-state index contributed by atoms with van der Waals surface area (Å²) in [5.74, 6) is -1.13. The van der Waals surface area contributed by atoms with Gasteiger partial charge in [-0.15, -0.1) is 0 Å². The molecule has 1 saturated heterocycles. The molecule has 12 heteroatoms. The average molecular weight is 471 g/mol. The SMILES string of the molecule is CN(C)S(=O)(=O)N1CCN(C(=O)c2cccc(S(=O)(=O)Nc3ccccc3F)c2)CC1. The van der Waals surface area contributed by atoms with Gasteiger partial charge in [0.1, 0.15) is 5.82 Å². The molecule has 1 amide bonds. The van der Waals surface area contributed by atoms with E-state index in [-0.39, 0.29) is 42.3 Å². The predicted octanol–water partition coefficient (Wildman–Crippen LogP) is 1.19. The lowest BCUT2D eigenvalue weighted by Crippen LogP contribution is -2.53. The molecule has 2 aromatic carbocycles. The smallest absolute Gasteiger partial charge is 0.281 e. The number of para-hydroxylation sites is 1. The summed E-state index contributed by atoms with van der Waals surface area (Å²) in [6.45, 7) is 0.630. The van der Waals surface area contributed by atoms with Gasteiger partial charge in [-0.1, -0.05) is 18.2 Å². The second kappa shape index (κ2) is 8.91. The van der Waals surface area contributed by atoms with Gasteiger partial charge >= 0.3 is 0 Å². The Morgan fingerprint density at radius 1 is 0.968 bits per heavy atom. The highest BCUT2D eigenvalue weighted by atomic mass is 32.2. The van der Waals surface area contributed by atoms with Gasteiger partial charge in [-0.25, -0.2) is 12.8 Å². The summed E-state index contributed by atoms with van der Waals surface area (Å²) >= 11 is 0. The Bertz CT molecular complexity index is 1180. The molecule has 3 rings (SSSR count). The molecule has 1 aliphatic heterocycles. The quantitative estimate of drug-likeness (QED) is 0.683. The molecular weight excluding hydrogens is 447 g/mol. The minimum absolute atomic E-state index is 0.138. The Balaban J connectivity index is 1.74. The monoisotopic (exact) mass is 470 g/mol. The Morgan fingerprint density at radius 3 is 2.23 bits per heavy atom. The zero-order chi connectivity index (χ0) is 22.8. The zero-order valence-electron chi connectivity index (χ0n) is 17.0. The third-order valence-electron chi connectivity index (χ3n) is 4.82. The molecule has 1 heterocycles. The van der Waals surface area contributed by atoms with Crippen molar-refractivity contribution < 1.29 is 26.0 Å². The van der Waals surface area contributed by atoms with Crippen molar-refractivity contribution in [3.8, 4) is 0 Å². The van der Waals surface area contributed by atoms with Gasteiger partial charge < -0.3 is 4.90 Å². The van der Waals surface area contributed by atoms with Crippen LogP contribution in [0.5, 0.6) is 0 Å². The van der Waals surface area contributed by atoms with Crippen molar-refractivity contribution in [2.75, 3.05) is 45.0 Å². The lowest BCUT2D eigenvalue weighted by atomic mass is 10.2. The molecule has 0 aromatic heterocycles. The fraction of sp³-hybridized carbons (Fsp3) is 0.316. The summed E-state index contributed by atoms with van der Waals surface area (Å²) in [6.07, 6.45) is 0. The normalized spacial score (nSPS) is 15.8. The van der Waals surface area contributed by atoms with Crippen LogP contribution in [0.25, 0.3) is 0 Å². The van der Waals surface area contributed by atoms with Crippen molar-refractivity contribution in [2.45, 2.75) is 4.90 Å². The number of carbonyl (C=O) groups excluding carboxylic acids is 1. The van der Waals surface area contributed by atoms with E-state index in [0.717, 1.165) is 10.4 Å². The number of sulfonamides is 1. The van der Waals surface area contributed by atoms with Gasteiger partial charge in [-0.05, 0) is 30.3 Å².